The van der Waals surface area contributed by atoms with E-state index in [9.17, 15) is 14.0 Å². The van der Waals surface area contributed by atoms with E-state index in [2.05, 4.69) is 17.3 Å². The average molecular weight is 410 g/mol. The predicted octanol–water partition coefficient (Wildman–Crippen LogP) is 3.86. The molecule has 3 aliphatic rings. The van der Waals surface area contributed by atoms with Gasteiger partial charge in [-0.1, -0.05) is 12.1 Å². The number of hydrogen-bond acceptors (Lipinski definition) is 3. The Bertz CT molecular complexity index is 990. The zero-order valence-corrected chi connectivity index (χ0v) is 17.7. The number of aryl methyl sites for hydroxylation is 2. The quantitative estimate of drug-likeness (QED) is 0.838. The number of halogens is 1. The van der Waals surface area contributed by atoms with Crippen LogP contribution in [0.3, 0.4) is 0 Å². The molecule has 0 unspecified atom stereocenters. The van der Waals surface area contributed by atoms with Crippen molar-refractivity contribution < 1.29 is 14.0 Å². The van der Waals surface area contributed by atoms with E-state index >= 15 is 0 Å². The number of piperidine rings is 1. The first-order valence-electron chi connectivity index (χ1n) is 10.5. The van der Waals surface area contributed by atoms with Gasteiger partial charge in [0, 0.05) is 42.5 Å². The van der Waals surface area contributed by atoms with Gasteiger partial charge in [0.15, 0.2) is 0 Å². The van der Waals surface area contributed by atoms with Crippen molar-refractivity contribution in [3.63, 3.8) is 0 Å². The number of anilines is 1. The Labute approximate surface area is 176 Å². The summed E-state index contributed by atoms with van der Waals surface area (Å²) in [5, 5.41) is 2.86. The summed E-state index contributed by atoms with van der Waals surface area (Å²) in [4.78, 5) is 30.4. The van der Waals surface area contributed by atoms with E-state index in [4.69, 9.17) is 0 Å². The summed E-state index contributed by atoms with van der Waals surface area (Å²) >= 11 is 0. The molecule has 6 heteroatoms. The third-order valence-electron chi connectivity index (χ3n) is 6.33. The van der Waals surface area contributed by atoms with Gasteiger partial charge >= 0.3 is 0 Å². The highest BCUT2D eigenvalue weighted by Gasteiger charge is 2.36. The fourth-order valence-electron chi connectivity index (χ4n) is 4.65. The van der Waals surface area contributed by atoms with Gasteiger partial charge < -0.3 is 15.1 Å². The third-order valence-corrected chi connectivity index (χ3v) is 6.33. The van der Waals surface area contributed by atoms with Crippen LogP contribution >= 0.6 is 0 Å². The van der Waals surface area contributed by atoms with Gasteiger partial charge in [-0.2, -0.15) is 0 Å². The van der Waals surface area contributed by atoms with Crippen LogP contribution in [0.15, 0.2) is 36.4 Å². The van der Waals surface area contributed by atoms with Crippen LogP contribution in [0.1, 0.15) is 44.7 Å². The maximum absolute atomic E-state index is 13.6. The molecular formula is C24H28FN3O2. The molecule has 3 fully saturated rings. The highest BCUT2D eigenvalue weighted by molar-refractivity contribution is 6.06. The molecule has 2 aromatic carbocycles. The molecule has 2 aromatic rings. The number of hydrogen-bond donors (Lipinski definition) is 1. The minimum atomic E-state index is -0.451. The normalized spacial score (nSPS) is 21.4. The van der Waals surface area contributed by atoms with Crippen molar-refractivity contribution in [2.24, 2.45) is 5.92 Å². The van der Waals surface area contributed by atoms with Gasteiger partial charge in [0.25, 0.3) is 11.8 Å². The van der Waals surface area contributed by atoms with Gasteiger partial charge in [-0.25, -0.2) is 4.39 Å². The van der Waals surface area contributed by atoms with Crippen molar-refractivity contribution in [1.29, 1.82) is 0 Å². The molecule has 3 heterocycles. The zero-order chi connectivity index (χ0) is 21.4. The summed E-state index contributed by atoms with van der Waals surface area (Å²) in [6.07, 6.45) is 2.20. The van der Waals surface area contributed by atoms with Gasteiger partial charge in [0.05, 0.1) is 0 Å². The van der Waals surface area contributed by atoms with Crippen LogP contribution < -0.4 is 5.32 Å². The second kappa shape index (κ2) is 8.19. The first kappa shape index (κ1) is 20.5. The van der Waals surface area contributed by atoms with E-state index < -0.39 is 5.82 Å². The van der Waals surface area contributed by atoms with Crippen molar-refractivity contribution in [1.82, 2.24) is 9.80 Å². The molecule has 0 aliphatic carbocycles. The number of nitrogens with zero attached hydrogens (tertiary/aromatic N) is 2. The Morgan fingerprint density at radius 1 is 1.00 bits per heavy atom. The third kappa shape index (κ3) is 4.10. The lowest BCUT2D eigenvalue weighted by atomic mass is 9.94. The van der Waals surface area contributed by atoms with E-state index in [0.717, 1.165) is 31.6 Å². The molecule has 2 atom stereocenters. The molecule has 0 aromatic heterocycles. The Balaban J connectivity index is 1.57. The summed E-state index contributed by atoms with van der Waals surface area (Å²) < 4.78 is 13.6. The second-order valence-electron chi connectivity index (χ2n) is 8.72. The standard InChI is InChI=1S/C24H28FN3O2/c1-15-5-8-19(25)11-21(15)23(29)26-22-10-18(7-4-16(22)2)24(30)28-13-17-6-9-20(28)14-27(3)12-17/h4-5,7-8,10-11,17,20H,6,9,12-14H2,1-3H3,(H,26,29)/t17-,20+/m0/s1. The number of amides is 2. The number of rotatable bonds is 3. The van der Waals surface area contributed by atoms with Gasteiger partial charge in [0.1, 0.15) is 5.82 Å². The minimum absolute atomic E-state index is 0.0115. The maximum Gasteiger partial charge on any atom is 0.256 e. The topological polar surface area (TPSA) is 52.7 Å². The van der Waals surface area contributed by atoms with Gasteiger partial charge in [-0.3, -0.25) is 9.59 Å². The molecule has 5 nitrogen and oxygen atoms in total. The Hall–Kier alpha value is -2.73. The van der Waals surface area contributed by atoms with Crippen LogP contribution in [0.5, 0.6) is 0 Å². The van der Waals surface area contributed by atoms with Gasteiger partial charge in [0.2, 0.25) is 0 Å². The van der Waals surface area contributed by atoms with Crippen molar-refractivity contribution >= 4 is 17.5 Å². The van der Waals surface area contributed by atoms with Crippen LogP contribution in [-0.4, -0.2) is 54.3 Å². The van der Waals surface area contributed by atoms with Crippen molar-refractivity contribution in [3.05, 3.63) is 64.5 Å². The number of fused-ring (bicyclic) bond motifs is 4. The minimum Gasteiger partial charge on any atom is -0.334 e. The smallest absolute Gasteiger partial charge is 0.256 e. The fraction of sp³-hybridized carbons (Fsp3) is 0.417. The first-order chi connectivity index (χ1) is 14.3. The van der Waals surface area contributed by atoms with E-state index in [1.807, 2.05) is 24.0 Å². The zero-order valence-electron chi connectivity index (χ0n) is 17.7. The van der Waals surface area contributed by atoms with Gasteiger partial charge in [-0.05, 0) is 75.0 Å². The Morgan fingerprint density at radius 2 is 1.77 bits per heavy atom. The maximum atomic E-state index is 13.6. The molecule has 3 saturated heterocycles. The van der Waals surface area contributed by atoms with Crippen molar-refractivity contribution in [3.8, 4) is 0 Å². The molecule has 5 rings (SSSR count). The lowest BCUT2D eigenvalue weighted by Gasteiger charge is -2.36. The monoisotopic (exact) mass is 409 g/mol. The molecule has 158 valence electrons. The molecular weight excluding hydrogens is 381 g/mol. The van der Waals surface area contributed by atoms with Crippen LogP contribution in [0.25, 0.3) is 0 Å². The lowest BCUT2D eigenvalue weighted by molar-refractivity contribution is 0.0587. The summed E-state index contributed by atoms with van der Waals surface area (Å²) in [6.45, 7) is 6.36. The Kier molecular flexibility index (Phi) is 5.60. The number of carbonyl (C=O) groups excluding carboxylic acids is 2. The fourth-order valence-corrected chi connectivity index (χ4v) is 4.65. The molecule has 30 heavy (non-hydrogen) atoms. The average Bonchev–Trinajstić information content (AvgIpc) is 2.99. The molecule has 2 amide bonds. The molecule has 1 N–H and O–H groups in total. The van der Waals surface area contributed by atoms with E-state index in [1.54, 1.807) is 19.1 Å². The van der Waals surface area contributed by atoms with Crippen LogP contribution in [0, 0.1) is 25.6 Å². The summed E-state index contributed by atoms with van der Waals surface area (Å²) in [5.74, 6) is -0.307. The van der Waals surface area contributed by atoms with Crippen LogP contribution in [0.2, 0.25) is 0 Å². The van der Waals surface area contributed by atoms with E-state index in [1.165, 1.54) is 18.6 Å². The molecule has 2 bridgehead atoms. The number of likely N-dealkylation sites (N-methyl/N-ethyl adjacent to an activating group) is 1. The van der Waals surface area contributed by atoms with Gasteiger partial charge in [-0.15, -0.1) is 0 Å². The number of carbonyl (C=O) groups is 2. The second-order valence-corrected chi connectivity index (χ2v) is 8.72. The van der Waals surface area contributed by atoms with E-state index in [0.29, 0.717) is 28.3 Å². The van der Waals surface area contributed by atoms with Crippen LogP contribution in [0.4, 0.5) is 10.1 Å². The number of benzene rings is 2. The highest BCUT2D eigenvalue weighted by Crippen LogP contribution is 2.29. The first-order valence-corrected chi connectivity index (χ1v) is 10.5. The lowest BCUT2D eigenvalue weighted by Crippen LogP contribution is -2.47. The molecule has 3 aliphatic heterocycles. The predicted molar refractivity (Wildman–Crippen MR) is 115 cm³/mol. The summed E-state index contributed by atoms with van der Waals surface area (Å²) in [7, 11) is 2.12. The van der Waals surface area contributed by atoms with Crippen molar-refractivity contribution in [2.75, 3.05) is 32.0 Å². The summed E-state index contributed by atoms with van der Waals surface area (Å²) in [6, 6.07) is 9.81. The molecule has 0 radical (unpaired) electrons. The van der Waals surface area contributed by atoms with Crippen molar-refractivity contribution in [2.45, 2.75) is 32.7 Å². The summed E-state index contributed by atoms with van der Waals surface area (Å²) in [5.41, 5.74) is 2.99. The van der Waals surface area contributed by atoms with Crippen LogP contribution in [-0.2, 0) is 0 Å². The van der Waals surface area contributed by atoms with E-state index in [-0.39, 0.29) is 17.9 Å². The number of nitrogens with one attached hydrogen (secondary N) is 1. The SMILES string of the molecule is Cc1ccc(C(=O)N2C[C@H]3CC[C@@H]2CN(C)C3)cc1NC(=O)c1cc(F)ccc1C. The largest absolute Gasteiger partial charge is 0.334 e. The highest BCUT2D eigenvalue weighted by atomic mass is 19.1. The molecule has 0 spiro atoms. The Morgan fingerprint density at radius 3 is 2.57 bits per heavy atom. The molecule has 0 saturated carbocycles.